The normalized spacial score (nSPS) is 14.3. The van der Waals surface area contributed by atoms with E-state index < -0.39 is 10.0 Å². The van der Waals surface area contributed by atoms with Crippen molar-refractivity contribution in [1.82, 2.24) is 4.98 Å². The SMILES string of the molecule is Cc1ccc(NS(=O)(=O)c2cc(-c3cnc(C4CC4)o3)ccc2C)c(Cl)c1. The minimum Gasteiger partial charge on any atom is -0.440 e. The molecule has 2 aromatic carbocycles. The number of nitrogens with one attached hydrogen (secondary N) is 1. The molecule has 1 heterocycles. The van der Waals surface area contributed by atoms with E-state index in [2.05, 4.69) is 9.71 Å². The summed E-state index contributed by atoms with van der Waals surface area (Å²) in [5, 5.41) is 0.358. The first kappa shape index (κ1) is 18.1. The number of hydrogen-bond acceptors (Lipinski definition) is 4. The lowest BCUT2D eigenvalue weighted by Gasteiger charge is -2.13. The van der Waals surface area contributed by atoms with Crippen molar-refractivity contribution in [3.8, 4) is 11.3 Å². The second kappa shape index (κ2) is 6.69. The zero-order valence-corrected chi connectivity index (χ0v) is 16.6. The Morgan fingerprint density at radius 3 is 2.63 bits per heavy atom. The monoisotopic (exact) mass is 402 g/mol. The van der Waals surface area contributed by atoms with Crippen LogP contribution in [0.4, 0.5) is 5.69 Å². The fraction of sp³-hybridized carbons (Fsp3) is 0.250. The molecule has 0 atom stereocenters. The Bertz CT molecular complexity index is 1120. The highest BCUT2D eigenvalue weighted by Gasteiger charge is 2.29. The highest BCUT2D eigenvalue weighted by Crippen LogP contribution is 2.40. The molecule has 0 radical (unpaired) electrons. The molecule has 5 nitrogen and oxygen atoms in total. The number of anilines is 1. The van der Waals surface area contributed by atoms with E-state index in [-0.39, 0.29) is 4.90 Å². The third-order valence-corrected chi connectivity index (χ3v) is 6.40. The second-order valence-corrected chi connectivity index (χ2v) is 8.96. The van der Waals surface area contributed by atoms with Gasteiger partial charge >= 0.3 is 0 Å². The van der Waals surface area contributed by atoms with Crippen molar-refractivity contribution in [2.75, 3.05) is 4.72 Å². The number of rotatable bonds is 5. The first-order valence-electron chi connectivity index (χ1n) is 8.69. The average molecular weight is 403 g/mol. The van der Waals surface area contributed by atoms with Crippen LogP contribution < -0.4 is 4.72 Å². The Kier molecular flexibility index (Phi) is 4.48. The molecule has 4 rings (SSSR count). The molecule has 3 aromatic rings. The van der Waals surface area contributed by atoms with Gasteiger partial charge in [-0.2, -0.15) is 0 Å². The number of halogens is 1. The molecular formula is C20H19ClN2O3S. The third kappa shape index (κ3) is 3.73. The van der Waals surface area contributed by atoms with Crippen molar-refractivity contribution in [2.45, 2.75) is 37.5 Å². The van der Waals surface area contributed by atoms with E-state index in [1.807, 2.05) is 13.0 Å². The van der Waals surface area contributed by atoms with E-state index in [1.54, 1.807) is 43.5 Å². The van der Waals surface area contributed by atoms with Crippen LogP contribution >= 0.6 is 11.6 Å². The first-order chi connectivity index (χ1) is 12.8. The van der Waals surface area contributed by atoms with E-state index in [4.69, 9.17) is 16.0 Å². The van der Waals surface area contributed by atoms with E-state index >= 15 is 0 Å². The van der Waals surface area contributed by atoms with E-state index in [0.29, 0.717) is 33.5 Å². The molecular weight excluding hydrogens is 384 g/mol. The van der Waals surface area contributed by atoms with Gasteiger partial charge in [0.2, 0.25) is 0 Å². The quantitative estimate of drug-likeness (QED) is 0.629. The van der Waals surface area contributed by atoms with Crippen molar-refractivity contribution < 1.29 is 12.8 Å². The van der Waals surface area contributed by atoms with Crippen molar-refractivity contribution >= 4 is 27.3 Å². The van der Waals surface area contributed by atoms with Crippen LogP contribution in [0.25, 0.3) is 11.3 Å². The summed E-state index contributed by atoms with van der Waals surface area (Å²) in [4.78, 5) is 4.49. The zero-order valence-electron chi connectivity index (χ0n) is 15.0. The minimum absolute atomic E-state index is 0.181. The number of benzene rings is 2. The van der Waals surface area contributed by atoms with Crippen LogP contribution in [0.5, 0.6) is 0 Å². The molecule has 0 bridgehead atoms. The van der Waals surface area contributed by atoms with Gasteiger partial charge < -0.3 is 4.42 Å². The van der Waals surface area contributed by atoms with E-state index in [9.17, 15) is 8.42 Å². The molecule has 27 heavy (non-hydrogen) atoms. The van der Waals surface area contributed by atoms with Crippen LogP contribution in [0.2, 0.25) is 5.02 Å². The molecule has 1 saturated carbocycles. The van der Waals surface area contributed by atoms with Crippen LogP contribution in [0.3, 0.4) is 0 Å². The topological polar surface area (TPSA) is 72.2 Å². The number of hydrogen-bond donors (Lipinski definition) is 1. The molecule has 0 spiro atoms. The molecule has 1 N–H and O–H groups in total. The molecule has 1 fully saturated rings. The molecule has 1 aliphatic carbocycles. The van der Waals surface area contributed by atoms with Crippen molar-refractivity contribution in [2.24, 2.45) is 0 Å². The van der Waals surface area contributed by atoms with Gasteiger partial charge in [-0.15, -0.1) is 0 Å². The lowest BCUT2D eigenvalue weighted by atomic mass is 10.1. The number of aryl methyl sites for hydroxylation is 2. The first-order valence-corrected chi connectivity index (χ1v) is 10.6. The molecule has 1 aliphatic rings. The summed E-state index contributed by atoms with van der Waals surface area (Å²) in [7, 11) is -3.80. The third-order valence-electron chi connectivity index (χ3n) is 4.58. The number of nitrogens with zero attached hydrogens (tertiary/aromatic N) is 1. The fourth-order valence-corrected chi connectivity index (χ4v) is 4.58. The fourth-order valence-electron chi connectivity index (χ4n) is 2.89. The predicted octanol–water partition coefficient (Wildman–Crippen LogP) is 5.29. The molecule has 0 unspecified atom stereocenters. The lowest BCUT2D eigenvalue weighted by molar-refractivity contribution is 0.509. The average Bonchev–Trinajstić information content (AvgIpc) is 3.35. The Morgan fingerprint density at radius 1 is 1.15 bits per heavy atom. The van der Waals surface area contributed by atoms with E-state index in [0.717, 1.165) is 24.3 Å². The lowest BCUT2D eigenvalue weighted by Crippen LogP contribution is -2.14. The van der Waals surface area contributed by atoms with Gasteiger partial charge in [-0.3, -0.25) is 4.72 Å². The van der Waals surface area contributed by atoms with Gasteiger partial charge in [-0.05, 0) is 56.0 Å². The van der Waals surface area contributed by atoms with E-state index in [1.165, 1.54) is 0 Å². The standard InChI is InChI=1S/C20H19ClN2O3S/c1-12-3-8-17(16(21)9-12)23-27(24,25)19-10-15(5-4-13(19)2)18-11-22-20(26-18)14-6-7-14/h3-5,8-11,14,23H,6-7H2,1-2H3. The molecule has 1 aromatic heterocycles. The smallest absolute Gasteiger partial charge is 0.262 e. The molecule has 7 heteroatoms. The van der Waals surface area contributed by atoms with Crippen LogP contribution in [0.15, 0.2) is 51.9 Å². The maximum absolute atomic E-state index is 13.0. The summed E-state index contributed by atoms with van der Waals surface area (Å²) in [6, 6.07) is 10.4. The second-order valence-electron chi connectivity index (χ2n) is 6.91. The van der Waals surface area contributed by atoms with Gasteiger partial charge in [0.05, 0.1) is 21.8 Å². The van der Waals surface area contributed by atoms with Crippen molar-refractivity contribution in [3.63, 3.8) is 0 Å². The maximum atomic E-state index is 13.0. The van der Waals surface area contributed by atoms with Gasteiger partial charge in [-0.1, -0.05) is 29.8 Å². The van der Waals surface area contributed by atoms with Gasteiger partial charge in [0.15, 0.2) is 11.7 Å². The Labute approximate surface area is 163 Å². The highest BCUT2D eigenvalue weighted by atomic mass is 35.5. The molecule has 140 valence electrons. The van der Waals surface area contributed by atoms with Crippen molar-refractivity contribution in [3.05, 3.63) is 64.6 Å². The molecule has 0 amide bonds. The van der Waals surface area contributed by atoms with Gasteiger partial charge in [0.25, 0.3) is 10.0 Å². The van der Waals surface area contributed by atoms with Gasteiger partial charge in [-0.25, -0.2) is 13.4 Å². The Hall–Kier alpha value is -2.31. The van der Waals surface area contributed by atoms with Crippen molar-refractivity contribution in [1.29, 1.82) is 0 Å². The van der Waals surface area contributed by atoms with Crippen LogP contribution in [-0.2, 0) is 10.0 Å². The summed E-state index contributed by atoms with van der Waals surface area (Å²) in [6.45, 7) is 3.65. The Balaban J connectivity index is 1.68. The summed E-state index contributed by atoms with van der Waals surface area (Å²) >= 11 is 6.18. The summed E-state index contributed by atoms with van der Waals surface area (Å²) in [6.07, 6.45) is 3.84. The maximum Gasteiger partial charge on any atom is 0.262 e. The Morgan fingerprint density at radius 2 is 1.93 bits per heavy atom. The predicted molar refractivity (Wildman–Crippen MR) is 106 cm³/mol. The summed E-state index contributed by atoms with van der Waals surface area (Å²) in [5.41, 5.74) is 2.62. The van der Waals surface area contributed by atoms with Gasteiger partial charge in [0.1, 0.15) is 0 Å². The summed E-state index contributed by atoms with van der Waals surface area (Å²) in [5.74, 6) is 1.69. The largest absolute Gasteiger partial charge is 0.440 e. The van der Waals surface area contributed by atoms with Crippen LogP contribution in [0.1, 0.15) is 35.8 Å². The zero-order chi connectivity index (χ0) is 19.2. The van der Waals surface area contributed by atoms with Crippen LogP contribution in [-0.4, -0.2) is 13.4 Å². The van der Waals surface area contributed by atoms with Gasteiger partial charge in [0, 0.05) is 11.5 Å². The number of oxazole rings is 1. The van der Waals surface area contributed by atoms with Crippen LogP contribution in [0, 0.1) is 13.8 Å². The summed E-state index contributed by atoms with van der Waals surface area (Å²) < 4.78 is 34.3. The highest BCUT2D eigenvalue weighted by molar-refractivity contribution is 7.92. The number of sulfonamides is 1. The minimum atomic E-state index is -3.80. The number of aromatic nitrogens is 1. The molecule has 0 saturated heterocycles. The molecule has 0 aliphatic heterocycles.